The fraction of sp³-hybridized carbons (Fsp3) is 0.333. The predicted octanol–water partition coefficient (Wildman–Crippen LogP) is 3.69. The number of rotatable bonds is 5. The smallest absolute Gasteiger partial charge is 0.337 e. The van der Waals surface area contributed by atoms with Gasteiger partial charge in [-0.1, -0.05) is 6.07 Å². The van der Waals surface area contributed by atoms with E-state index in [1.807, 2.05) is 24.3 Å². The normalized spacial score (nSPS) is 17.4. The molecule has 1 fully saturated rings. The van der Waals surface area contributed by atoms with Crippen molar-refractivity contribution in [2.45, 2.75) is 25.5 Å². The van der Waals surface area contributed by atoms with Crippen molar-refractivity contribution in [2.75, 3.05) is 20.5 Å². The van der Waals surface area contributed by atoms with Crippen LogP contribution in [0.2, 0.25) is 0 Å². The van der Waals surface area contributed by atoms with E-state index >= 15 is 0 Å². The van der Waals surface area contributed by atoms with Crippen LogP contribution in [0.4, 0.5) is 0 Å². The van der Waals surface area contributed by atoms with Crippen molar-refractivity contribution in [1.29, 1.82) is 0 Å². The minimum absolute atomic E-state index is 0.156. The number of hydrogen-bond donors (Lipinski definition) is 0. The van der Waals surface area contributed by atoms with E-state index in [9.17, 15) is 4.79 Å². The van der Waals surface area contributed by atoms with E-state index in [0.29, 0.717) is 18.5 Å². The number of esters is 1. The van der Waals surface area contributed by atoms with E-state index in [4.69, 9.17) is 23.9 Å². The summed E-state index contributed by atoms with van der Waals surface area (Å²) < 4.78 is 24.8. The van der Waals surface area contributed by atoms with Gasteiger partial charge in [0.1, 0.15) is 5.82 Å². The zero-order valence-electron chi connectivity index (χ0n) is 15.8. The number of carbonyl (C=O) groups is 1. The van der Waals surface area contributed by atoms with E-state index in [0.717, 1.165) is 51.4 Å². The third-order valence-electron chi connectivity index (χ3n) is 5.33. The second-order valence-corrected chi connectivity index (χ2v) is 7.92. The molecule has 3 aromatic rings. The molecule has 1 aromatic heterocycles. The summed E-state index contributed by atoms with van der Waals surface area (Å²) in [6, 6.07) is 9.40. The monoisotopic (exact) mass is 458 g/mol. The van der Waals surface area contributed by atoms with E-state index in [1.165, 1.54) is 7.11 Å². The maximum atomic E-state index is 12.0. The quantitative estimate of drug-likeness (QED) is 0.542. The molecule has 0 saturated carbocycles. The maximum absolute atomic E-state index is 12.0. The SMILES string of the molecule is COC(=O)c1ccc2nc(Cc3ccc(Br)c4c3OCO4)n(CC3CCO3)c2c1. The Bertz CT molecular complexity index is 1110. The second kappa shape index (κ2) is 7.35. The number of methoxy groups -OCH3 is 1. The van der Waals surface area contributed by atoms with Crippen molar-refractivity contribution in [3.8, 4) is 11.5 Å². The van der Waals surface area contributed by atoms with Crippen LogP contribution < -0.4 is 9.47 Å². The first-order chi connectivity index (χ1) is 14.1. The molecule has 150 valence electrons. The van der Waals surface area contributed by atoms with Crippen molar-refractivity contribution in [2.24, 2.45) is 0 Å². The molecule has 7 nitrogen and oxygen atoms in total. The highest BCUT2D eigenvalue weighted by Crippen LogP contribution is 2.42. The first-order valence-electron chi connectivity index (χ1n) is 9.40. The van der Waals surface area contributed by atoms with Crippen LogP contribution in [-0.2, 0) is 22.4 Å². The molecule has 1 saturated heterocycles. The fourth-order valence-electron chi connectivity index (χ4n) is 3.72. The summed E-state index contributed by atoms with van der Waals surface area (Å²) in [6.45, 7) is 1.68. The van der Waals surface area contributed by atoms with Crippen LogP contribution in [0, 0.1) is 0 Å². The number of aromatic nitrogens is 2. The minimum atomic E-state index is -0.364. The lowest BCUT2D eigenvalue weighted by Crippen LogP contribution is -2.31. The molecule has 0 amide bonds. The Morgan fingerprint density at radius 1 is 1.28 bits per heavy atom. The zero-order valence-corrected chi connectivity index (χ0v) is 17.4. The Morgan fingerprint density at radius 2 is 2.10 bits per heavy atom. The van der Waals surface area contributed by atoms with Crippen LogP contribution in [0.5, 0.6) is 11.5 Å². The van der Waals surface area contributed by atoms with Gasteiger partial charge < -0.3 is 23.5 Å². The Morgan fingerprint density at radius 3 is 2.86 bits per heavy atom. The number of hydrogen-bond acceptors (Lipinski definition) is 6. The first-order valence-corrected chi connectivity index (χ1v) is 10.2. The maximum Gasteiger partial charge on any atom is 0.337 e. The molecular weight excluding hydrogens is 440 g/mol. The molecular formula is C21H19BrN2O5. The molecule has 29 heavy (non-hydrogen) atoms. The lowest BCUT2D eigenvalue weighted by Gasteiger charge is -2.27. The molecule has 3 heterocycles. The third-order valence-corrected chi connectivity index (χ3v) is 5.95. The summed E-state index contributed by atoms with van der Waals surface area (Å²) in [4.78, 5) is 16.8. The van der Waals surface area contributed by atoms with Crippen molar-refractivity contribution in [3.63, 3.8) is 0 Å². The Hall–Kier alpha value is -2.58. The minimum Gasteiger partial charge on any atom is -0.465 e. The molecule has 0 bridgehead atoms. The van der Waals surface area contributed by atoms with Crippen LogP contribution in [0.25, 0.3) is 11.0 Å². The van der Waals surface area contributed by atoms with E-state index in [1.54, 1.807) is 6.07 Å². The summed E-state index contributed by atoms with van der Waals surface area (Å²) in [5.74, 6) is 1.99. The standard InChI is InChI=1S/C21H19BrN2O5/c1-26-21(25)13-3-5-16-17(8-13)24(10-14-6-7-27-14)18(23-16)9-12-2-4-15(22)20-19(12)28-11-29-20/h2-5,8,14H,6-7,9-11H2,1H3. The highest BCUT2D eigenvalue weighted by atomic mass is 79.9. The molecule has 5 rings (SSSR count). The van der Waals surface area contributed by atoms with Crippen LogP contribution >= 0.6 is 15.9 Å². The summed E-state index contributed by atoms with van der Waals surface area (Å²) >= 11 is 3.50. The largest absolute Gasteiger partial charge is 0.465 e. The summed E-state index contributed by atoms with van der Waals surface area (Å²) in [7, 11) is 1.38. The number of halogens is 1. The summed E-state index contributed by atoms with van der Waals surface area (Å²) in [5, 5.41) is 0. The number of carbonyl (C=O) groups excluding carboxylic acids is 1. The van der Waals surface area contributed by atoms with E-state index < -0.39 is 0 Å². The third kappa shape index (κ3) is 3.26. The molecule has 0 radical (unpaired) electrons. The first kappa shape index (κ1) is 18.4. The number of imidazole rings is 1. The molecule has 2 aromatic carbocycles. The molecule has 0 N–H and O–H groups in total. The van der Waals surface area contributed by atoms with Crippen molar-refractivity contribution >= 4 is 32.9 Å². The van der Waals surface area contributed by atoms with Crippen molar-refractivity contribution in [1.82, 2.24) is 9.55 Å². The van der Waals surface area contributed by atoms with Crippen LogP contribution in [0.15, 0.2) is 34.8 Å². The van der Waals surface area contributed by atoms with Crippen LogP contribution in [0.3, 0.4) is 0 Å². The highest BCUT2D eigenvalue weighted by Gasteiger charge is 2.25. The van der Waals surface area contributed by atoms with Gasteiger partial charge in [0.2, 0.25) is 6.79 Å². The average Bonchev–Trinajstić information content (AvgIpc) is 3.31. The Labute approximate surface area is 175 Å². The Kier molecular flexibility index (Phi) is 4.67. The van der Waals surface area contributed by atoms with Crippen molar-refractivity contribution < 1.29 is 23.7 Å². The molecule has 1 atom stereocenters. The molecule has 0 aliphatic carbocycles. The van der Waals surface area contributed by atoms with Gasteiger partial charge in [-0.2, -0.15) is 0 Å². The molecule has 0 spiro atoms. The van der Waals surface area contributed by atoms with Gasteiger partial charge in [0.15, 0.2) is 11.5 Å². The van der Waals surface area contributed by atoms with Gasteiger partial charge in [0, 0.05) is 18.6 Å². The average molecular weight is 459 g/mol. The van der Waals surface area contributed by atoms with Crippen LogP contribution in [0.1, 0.15) is 28.2 Å². The molecule has 2 aliphatic heterocycles. The summed E-state index contributed by atoms with van der Waals surface area (Å²) in [5.41, 5.74) is 3.23. The zero-order chi connectivity index (χ0) is 20.0. The topological polar surface area (TPSA) is 71.8 Å². The van der Waals surface area contributed by atoms with Gasteiger partial charge in [-0.3, -0.25) is 0 Å². The predicted molar refractivity (Wildman–Crippen MR) is 109 cm³/mol. The van der Waals surface area contributed by atoms with Gasteiger partial charge >= 0.3 is 5.97 Å². The number of ether oxygens (including phenoxy) is 4. The van der Waals surface area contributed by atoms with Gasteiger partial charge in [-0.25, -0.2) is 9.78 Å². The van der Waals surface area contributed by atoms with E-state index in [2.05, 4.69) is 20.5 Å². The van der Waals surface area contributed by atoms with E-state index in [-0.39, 0.29) is 18.9 Å². The van der Waals surface area contributed by atoms with Crippen molar-refractivity contribution in [3.05, 3.63) is 51.8 Å². The van der Waals surface area contributed by atoms with Gasteiger partial charge in [0.25, 0.3) is 0 Å². The lowest BCUT2D eigenvalue weighted by molar-refractivity contribution is -0.0589. The molecule has 8 heteroatoms. The van der Waals surface area contributed by atoms with Gasteiger partial charge in [-0.05, 0) is 46.6 Å². The second-order valence-electron chi connectivity index (χ2n) is 7.06. The Balaban J connectivity index is 1.58. The lowest BCUT2D eigenvalue weighted by atomic mass is 10.1. The van der Waals surface area contributed by atoms with Gasteiger partial charge in [0.05, 0.1) is 40.8 Å². The fourth-order valence-corrected chi connectivity index (χ4v) is 4.14. The summed E-state index contributed by atoms with van der Waals surface area (Å²) in [6.07, 6.45) is 1.75. The van der Waals surface area contributed by atoms with Gasteiger partial charge in [-0.15, -0.1) is 0 Å². The number of fused-ring (bicyclic) bond motifs is 2. The number of benzene rings is 2. The molecule has 2 aliphatic rings. The van der Waals surface area contributed by atoms with Crippen LogP contribution in [-0.4, -0.2) is 42.1 Å². The molecule has 1 unspecified atom stereocenters. The highest BCUT2D eigenvalue weighted by molar-refractivity contribution is 9.10. The number of nitrogens with zero attached hydrogens (tertiary/aromatic N) is 2.